The topological polar surface area (TPSA) is 112 Å². The molecule has 7 nitrogen and oxygen atoms in total. The highest BCUT2D eigenvalue weighted by molar-refractivity contribution is 7.12. The number of Topliss-reactive ketones (excluding diaryl/α,β-unsaturated/α-hetero) is 1. The van der Waals surface area contributed by atoms with Gasteiger partial charge in [-0.1, -0.05) is 11.6 Å². The number of H-pyrrole nitrogens is 1. The zero-order valence-corrected chi connectivity index (χ0v) is 14.6. The van der Waals surface area contributed by atoms with Crippen LogP contribution in [-0.2, 0) is 16.0 Å². The zero-order chi connectivity index (χ0) is 18.4. The van der Waals surface area contributed by atoms with Crippen molar-refractivity contribution in [2.24, 2.45) is 0 Å². The molecule has 0 saturated heterocycles. The van der Waals surface area contributed by atoms with Crippen molar-refractivity contribution in [2.45, 2.75) is 13.3 Å². The Morgan fingerprint density at radius 2 is 2.12 bits per heavy atom. The molecule has 0 aliphatic rings. The fraction of sp³-hybridized carbons (Fsp3) is 0.125. The van der Waals surface area contributed by atoms with E-state index in [1.165, 1.54) is 18.3 Å². The van der Waals surface area contributed by atoms with Crippen LogP contribution in [0.15, 0.2) is 29.6 Å². The molecule has 3 N–H and O–H groups in total. The summed E-state index contributed by atoms with van der Waals surface area (Å²) in [6.07, 6.45) is 0.200. The molecule has 25 heavy (non-hydrogen) atoms. The molecule has 0 aliphatic carbocycles. The minimum absolute atomic E-state index is 0.00633. The SMILES string of the molecule is CC(=O)c1cc(CC(=O)Nc2n[nH]c3cc(Cl)ccc23)cs1.O=CO. The number of carboxylic acid groups (broad SMARTS) is 1. The number of halogens is 1. The number of hydrogen-bond donors (Lipinski definition) is 3. The summed E-state index contributed by atoms with van der Waals surface area (Å²) in [5.74, 6) is 0.293. The van der Waals surface area contributed by atoms with Gasteiger partial charge in [0.15, 0.2) is 11.6 Å². The molecule has 3 rings (SSSR count). The molecule has 1 aromatic carbocycles. The second kappa shape index (κ2) is 8.41. The Labute approximate surface area is 151 Å². The lowest BCUT2D eigenvalue weighted by molar-refractivity contribution is -0.123. The van der Waals surface area contributed by atoms with Crippen LogP contribution in [-0.4, -0.2) is 33.5 Å². The van der Waals surface area contributed by atoms with Gasteiger partial charge in [0, 0.05) is 10.4 Å². The maximum absolute atomic E-state index is 12.1. The molecular weight excluding hydrogens is 366 g/mol. The van der Waals surface area contributed by atoms with Crippen molar-refractivity contribution < 1.29 is 19.5 Å². The predicted octanol–water partition coefficient (Wildman–Crippen LogP) is 3.36. The summed E-state index contributed by atoms with van der Waals surface area (Å²) in [6, 6.07) is 7.04. The molecule has 1 amide bonds. The zero-order valence-electron chi connectivity index (χ0n) is 13.1. The van der Waals surface area contributed by atoms with Crippen molar-refractivity contribution in [1.29, 1.82) is 0 Å². The molecule has 0 bridgehead atoms. The van der Waals surface area contributed by atoms with E-state index in [-0.39, 0.29) is 24.6 Å². The van der Waals surface area contributed by atoms with Crippen molar-refractivity contribution in [3.63, 3.8) is 0 Å². The third kappa shape index (κ3) is 4.88. The van der Waals surface area contributed by atoms with Gasteiger partial charge in [0.2, 0.25) is 5.91 Å². The van der Waals surface area contributed by atoms with E-state index in [2.05, 4.69) is 15.5 Å². The number of ketones is 1. The first-order valence-corrected chi connectivity index (χ1v) is 8.30. The Balaban J connectivity index is 0.000000701. The molecule has 2 heterocycles. The number of aromatic nitrogens is 2. The van der Waals surface area contributed by atoms with Crippen LogP contribution in [0.4, 0.5) is 5.82 Å². The maximum atomic E-state index is 12.1. The van der Waals surface area contributed by atoms with Crippen molar-refractivity contribution in [2.75, 3.05) is 5.32 Å². The standard InChI is InChI=1S/C15H12ClN3O2S.CH2O2/c1-8(20)13-4-9(7-22-13)5-14(21)17-15-11-3-2-10(16)6-12(11)18-19-15;2-1-3/h2-4,6-7H,5H2,1H3,(H2,17,18,19,21);1H,(H,2,3). The number of benzene rings is 1. The number of nitrogens with zero attached hydrogens (tertiary/aromatic N) is 1. The van der Waals surface area contributed by atoms with Gasteiger partial charge in [0.25, 0.3) is 6.47 Å². The van der Waals surface area contributed by atoms with Gasteiger partial charge in [-0.05, 0) is 42.1 Å². The number of fused-ring (bicyclic) bond motifs is 1. The maximum Gasteiger partial charge on any atom is 0.290 e. The summed E-state index contributed by atoms with van der Waals surface area (Å²) in [7, 11) is 0. The number of rotatable bonds is 4. The van der Waals surface area contributed by atoms with Gasteiger partial charge in [0.05, 0.1) is 16.8 Å². The van der Waals surface area contributed by atoms with Crippen LogP contribution in [0, 0.1) is 0 Å². The normalized spacial score (nSPS) is 10.0. The monoisotopic (exact) mass is 379 g/mol. The number of carbonyl (C=O) groups excluding carboxylic acids is 2. The van der Waals surface area contributed by atoms with Crippen molar-refractivity contribution >= 4 is 57.8 Å². The fourth-order valence-electron chi connectivity index (χ4n) is 2.10. The van der Waals surface area contributed by atoms with Crippen LogP contribution < -0.4 is 5.32 Å². The number of hydrogen-bond acceptors (Lipinski definition) is 5. The number of anilines is 1. The Bertz CT molecular complexity index is 919. The lowest BCUT2D eigenvalue weighted by Crippen LogP contribution is -2.14. The van der Waals surface area contributed by atoms with E-state index in [1.54, 1.807) is 24.3 Å². The highest BCUT2D eigenvalue weighted by atomic mass is 35.5. The van der Waals surface area contributed by atoms with Gasteiger partial charge >= 0.3 is 0 Å². The van der Waals surface area contributed by atoms with E-state index in [0.717, 1.165) is 16.5 Å². The summed E-state index contributed by atoms with van der Waals surface area (Å²) < 4.78 is 0. The summed E-state index contributed by atoms with van der Waals surface area (Å²) in [4.78, 5) is 32.4. The second-order valence-corrected chi connectivity index (χ2v) is 6.32. The van der Waals surface area contributed by atoms with E-state index in [0.29, 0.717) is 15.7 Å². The quantitative estimate of drug-likeness (QED) is 0.475. The molecule has 2 aromatic heterocycles. The van der Waals surface area contributed by atoms with Crippen molar-refractivity contribution in [1.82, 2.24) is 10.2 Å². The fourth-order valence-corrected chi connectivity index (χ4v) is 3.09. The van der Waals surface area contributed by atoms with Gasteiger partial charge in [-0.25, -0.2) is 0 Å². The number of amides is 1. The number of thiophene rings is 1. The minimum atomic E-state index is -0.250. The molecule has 0 fully saturated rings. The van der Waals surface area contributed by atoms with E-state index >= 15 is 0 Å². The first kappa shape index (κ1) is 18.6. The number of carbonyl (C=O) groups is 3. The molecule has 0 atom stereocenters. The number of aromatic amines is 1. The molecule has 0 saturated carbocycles. The summed E-state index contributed by atoms with van der Waals surface area (Å²) in [5, 5.41) is 19.8. The lowest BCUT2D eigenvalue weighted by Gasteiger charge is -2.01. The molecule has 130 valence electrons. The molecule has 0 spiro atoms. The van der Waals surface area contributed by atoms with Gasteiger partial charge < -0.3 is 10.4 Å². The van der Waals surface area contributed by atoms with Gasteiger partial charge in [0.1, 0.15) is 0 Å². The molecule has 0 aliphatic heterocycles. The predicted molar refractivity (Wildman–Crippen MR) is 96.5 cm³/mol. The van der Waals surface area contributed by atoms with Crippen LogP contribution in [0.25, 0.3) is 10.9 Å². The Kier molecular flexibility index (Phi) is 6.26. The van der Waals surface area contributed by atoms with Crippen LogP contribution in [0.1, 0.15) is 22.2 Å². The van der Waals surface area contributed by atoms with E-state index in [4.69, 9.17) is 21.5 Å². The van der Waals surface area contributed by atoms with Crippen LogP contribution in [0.3, 0.4) is 0 Å². The summed E-state index contributed by atoms with van der Waals surface area (Å²) >= 11 is 7.25. The average molecular weight is 380 g/mol. The third-order valence-corrected chi connectivity index (χ3v) is 4.46. The van der Waals surface area contributed by atoms with Crippen molar-refractivity contribution in [3.05, 3.63) is 45.1 Å². The Hall–Kier alpha value is -2.71. The highest BCUT2D eigenvalue weighted by Crippen LogP contribution is 2.24. The highest BCUT2D eigenvalue weighted by Gasteiger charge is 2.12. The molecular formula is C16H14ClN3O4S. The first-order valence-electron chi connectivity index (χ1n) is 7.04. The second-order valence-electron chi connectivity index (χ2n) is 4.97. The van der Waals surface area contributed by atoms with E-state index in [9.17, 15) is 9.59 Å². The average Bonchev–Trinajstić information content (AvgIpc) is 3.15. The summed E-state index contributed by atoms with van der Waals surface area (Å²) in [5.41, 5.74) is 1.58. The van der Waals surface area contributed by atoms with Crippen LogP contribution in [0.2, 0.25) is 5.02 Å². The number of nitrogens with one attached hydrogen (secondary N) is 2. The first-order chi connectivity index (χ1) is 11.9. The largest absolute Gasteiger partial charge is 0.483 e. The van der Waals surface area contributed by atoms with Gasteiger partial charge in [-0.2, -0.15) is 5.10 Å². The summed E-state index contributed by atoms with van der Waals surface area (Å²) in [6.45, 7) is 1.26. The molecule has 0 radical (unpaired) electrons. The smallest absolute Gasteiger partial charge is 0.290 e. The molecule has 0 unspecified atom stereocenters. The third-order valence-electron chi connectivity index (χ3n) is 3.15. The Morgan fingerprint density at radius 3 is 2.76 bits per heavy atom. The van der Waals surface area contributed by atoms with Crippen LogP contribution >= 0.6 is 22.9 Å². The molecule has 9 heteroatoms. The lowest BCUT2D eigenvalue weighted by atomic mass is 10.2. The van der Waals surface area contributed by atoms with Gasteiger partial charge in [-0.3, -0.25) is 19.5 Å². The minimum Gasteiger partial charge on any atom is -0.483 e. The van der Waals surface area contributed by atoms with E-state index < -0.39 is 0 Å². The van der Waals surface area contributed by atoms with E-state index in [1.807, 2.05) is 5.38 Å². The van der Waals surface area contributed by atoms with Crippen molar-refractivity contribution in [3.8, 4) is 0 Å². The molecule has 3 aromatic rings. The van der Waals surface area contributed by atoms with Gasteiger partial charge in [-0.15, -0.1) is 11.3 Å². The van der Waals surface area contributed by atoms with Crippen LogP contribution in [0.5, 0.6) is 0 Å². The Morgan fingerprint density at radius 1 is 1.40 bits per heavy atom.